The minimum Gasteiger partial charge on any atom is -0.490 e. The van der Waals surface area contributed by atoms with E-state index < -0.39 is 21.5 Å². The molecule has 1 amide bonds. The zero-order valence-corrected chi connectivity index (χ0v) is 26.2. The number of hydrogen-bond acceptors (Lipinski definition) is 7. The van der Waals surface area contributed by atoms with Crippen LogP contribution in [0.5, 0.6) is 5.75 Å². The molecule has 3 aliphatic carbocycles. The zero-order chi connectivity index (χ0) is 29.8. The van der Waals surface area contributed by atoms with E-state index in [9.17, 15) is 13.2 Å². The Labute approximate surface area is 259 Å². The number of nitrogens with zero attached hydrogens (tertiary/aromatic N) is 1. The summed E-state index contributed by atoms with van der Waals surface area (Å²) in [6.45, 7) is 2.43. The molecule has 2 aromatic carbocycles. The van der Waals surface area contributed by atoms with Gasteiger partial charge in [0.1, 0.15) is 5.75 Å². The summed E-state index contributed by atoms with van der Waals surface area (Å²) in [6.07, 6.45) is 11.3. The fourth-order valence-electron chi connectivity index (χ4n) is 7.94. The fourth-order valence-corrected chi connectivity index (χ4v) is 9.21. The largest absolute Gasteiger partial charge is 0.490 e. The summed E-state index contributed by atoms with van der Waals surface area (Å²) in [7, 11) is -2.34. The van der Waals surface area contributed by atoms with Gasteiger partial charge in [0.2, 0.25) is 0 Å². The van der Waals surface area contributed by atoms with Crippen molar-refractivity contribution < 1.29 is 22.7 Å². The van der Waals surface area contributed by atoms with Gasteiger partial charge in [0.15, 0.2) is 0 Å². The van der Waals surface area contributed by atoms with Crippen LogP contribution in [0.15, 0.2) is 53.4 Å². The van der Waals surface area contributed by atoms with Crippen molar-refractivity contribution >= 4 is 33.2 Å². The number of halogens is 1. The number of sulfonamides is 1. The summed E-state index contributed by atoms with van der Waals surface area (Å²) in [5.41, 5.74) is 2.14. The lowest BCUT2D eigenvalue weighted by atomic mass is 9.68. The summed E-state index contributed by atoms with van der Waals surface area (Å²) < 4.78 is 42.2. The average Bonchev–Trinajstić information content (AvgIpc) is 3.09. The lowest BCUT2D eigenvalue weighted by Crippen LogP contribution is -2.62. The number of hydrogen-bond donors (Lipinski definition) is 2. The number of carbonyl (C=O) groups excluding carboxylic acids is 1. The SMILES string of the molecule is CO[C@@H]1/C=C/CNC2(CCC2)C(=O)NS(=O)(=O)c2ccc3c(c2)N(C[C@@H]2CC[C@H]21)C[C@@]1(CCCc2cc(Cl)ccc21)CO3. The van der Waals surface area contributed by atoms with Gasteiger partial charge in [-0.1, -0.05) is 29.8 Å². The quantitative estimate of drug-likeness (QED) is 0.442. The molecule has 0 unspecified atom stereocenters. The lowest BCUT2D eigenvalue weighted by molar-refractivity contribution is -0.129. The summed E-state index contributed by atoms with van der Waals surface area (Å²) >= 11 is 6.41. The Morgan fingerprint density at radius 3 is 2.70 bits per heavy atom. The number of ether oxygens (including phenoxy) is 2. The molecular weight excluding hydrogens is 586 g/mol. The zero-order valence-electron chi connectivity index (χ0n) is 24.6. The second kappa shape index (κ2) is 11.1. The Morgan fingerprint density at radius 2 is 1.95 bits per heavy atom. The number of rotatable bonds is 1. The van der Waals surface area contributed by atoms with Gasteiger partial charge in [-0.05, 0) is 105 Å². The molecule has 4 atom stereocenters. The maximum Gasteiger partial charge on any atom is 0.264 e. The van der Waals surface area contributed by atoms with Gasteiger partial charge >= 0.3 is 0 Å². The number of nitrogens with one attached hydrogen (secondary N) is 2. The van der Waals surface area contributed by atoms with Crippen LogP contribution < -0.4 is 19.7 Å². The first kappa shape index (κ1) is 29.1. The number of carbonyl (C=O) groups is 1. The summed E-state index contributed by atoms with van der Waals surface area (Å²) in [5, 5.41) is 4.07. The van der Waals surface area contributed by atoms with Gasteiger partial charge in [-0.15, -0.1) is 0 Å². The Morgan fingerprint density at radius 1 is 1.09 bits per heavy atom. The standard InChI is InChI=1S/C33H40ClN3O5S/c1-41-29-6-3-16-35-33(14-4-15-33)31(38)36-43(39,40)25-9-12-30-28(18-25)37(19-23-7-10-26(23)29)20-32(21-42-30)13-2-5-22-17-24(34)8-11-27(22)32/h3,6,8-9,11-12,17-18,23,26,29,35H,2,4-5,7,10,13-16,19-21H2,1H3,(H,36,38)/b6-3+/t23-,26+,29+,32-/m0/s1. The van der Waals surface area contributed by atoms with E-state index in [4.69, 9.17) is 21.1 Å². The Hall–Kier alpha value is -2.59. The molecule has 0 saturated heterocycles. The molecule has 10 heteroatoms. The van der Waals surface area contributed by atoms with E-state index in [1.165, 1.54) is 11.1 Å². The van der Waals surface area contributed by atoms with Crippen LogP contribution in [0.1, 0.15) is 56.1 Å². The third-order valence-corrected chi connectivity index (χ3v) is 12.3. The monoisotopic (exact) mass is 625 g/mol. The molecule has 5 aliphatic rings. The molecule has 2 N–H and O–H groups in total. The van der Waals surface area contributed by atoms with E-state index in [2.05, 4.69) is 33.1 Å². The van der Waals surface area contributed by atoms with Crippen molar-refractivity contribution in [1.29, 1.82) is 0 Å². The maximum absolute atomic E-state index is 13.6. The van der Waals surface area contributed by atoms with Gasteiger partial charge in [-0.2, -0.15) is 0 Å². The molecule has 230 valence electrons. The van der Waals surface area contributed by atoms with Crippen LogP contribution in [0.2, 0.25) is 5.02 Å². The van der Waals surface area contributed by atoms with Crippen molar-refractivity contribution in [3.8, 4) is 5.75 Å². The highest BCUT2D eigenvalue weighted by atomic mass is 35.5. The molecule has 2 aliphatic heterocycles. The van der Waals surface area contributed by atoms with E-state index in [0.717, 1.165) is 55.8 Å². The molecule has 2 aromatic rings. The van der Waals surface area contributed by atoms with E-state index >= 15 is 0 Å². The summed E-state index contributed by atoms with van der Waals surface area (Å²) in [5.74, 6) is 0.898. The molecule has 2 bridgehead atoms. The second-order valence-corrected chi connectivity index (χ2v) is 15.2. The third kappa shape index (κ3) is 5.16. The van der Waals surface area contributed by atoms with Gasteiger partial charge in [0.25, 0.3) is 15.9 Å². The first-order chi connectivity index (χ1) is 20.7. The summed E-state index contributed by atoms with van der Waals surface area (Å²) in [4.78, 5) is 15.8. The number of fused-ring (bicyclic) bond motifs is 4. The van der Waals surface area contributed by atoms with Crippen molar-refractivity contribution in [1.82, 2.24) is 10.0 Å². The van der Waals surface area contributed by atoms with Gasteiger partial charge in [-0.3, -0.25) is 10.1 Å². The van der Waals surface area contributed by atoms with Crippen LogP contribution in [-0.4, -0.2) is 59.3 Å². The second-order valence-electron chi connectivity index (χ2n) is 13.1. The fraction of sp³-hybridized carbons (Fsp3) is 0.545. The van der Waals surface area contributed by atoms with E-state index in [-0.39, 0.29) is 16.4 Å². The molecular formula is C33H40ClN3O5S. The van der Waals surface area contributed by atoms with E-state index in [0.29, 0.717) is 50.1 Å². The molecule has 43 heavy (non-hydrogen) atoms. The Kier molecular flexibility index (Phi) is 7.51. The molecule has 2 saturated carbocycles. The average molecular weight is 626 g/mol. The number of aryl methyl sites for hydroxylation is 1. The van der Waals surface area contributed by atoms with Crippen LogP contribution >= 0.6 is 11.6 Å². The van der Waals surface area contributed by atoms with Crippen LogP contribution in [0, 0.1) is 11.8 Å². The normalized spacial score (nSPS) is 31.8. The number of benzene rings is 2. The van der Waals surface area contributed by atoms with Crippen molar-refractivity contribution in [3.05, 3.63) is 64.7 Å². The first-order valence-corrected chi connectivity index (χ1v) is 17.4. The predicted octanol–water partition coefficient (Wildman–Crippen LogP) is 4.74. The topological polar surface area (TPSA) is 97.0 Å². The maximum atomic E-state index is 13.6. The van der Waals surface area contributed by atoms with E-state index in [1.807, 2.05) is 12.1 Å². The molecule has 0 radical (unpaired) electrons. The first-order valence-electron chi connectivity index (χ1n) is 15.5. The highest BCUT2D eigenvalue weighted by Crippen LogP contribution is 2.47. The van der Waals surface area contributed by atoms with Crippen LogP contribution in [0.3, 0.4) is 0 Å². The van der Waals surface area contributed by atoms with Crippen molar-refractivity contribution in [3.63, 3.8) is 0 Å². The number of methoxy groups -OCH3 is 1. The van der Waals surface area contributed by atoms with Crippen LogP contribution in [0.4, 0.5) is 5.69 Å². The molecule has 2 spiro atoms. The smallest absolute Gasteiger partial charge is 0.264 e. The van der Waals surface area contributed by atoms with Crippen molar-refractivity contribution in [2.24, 2.45) is 11.8 Å². The highest BCUT2D eigenvalue weighted by Gasteiger charge is 2.47. The van der Waals surface area contributed by atoms with Gasteiger partial charge < -0.3 is 14.4 Å². The molecule has 0 aromatic heterocycles. The highest BCUT2D eigenvalue weighted by molar-refractivity contribution is 7.90. The molecule has 8 nitrogen and oxygen atoms in total. The van der Waals surface area contributed by atoms with E-state index in [1.54, 1.807) is 25.3 Å². The van der Waals surface area contributed by atoms with Crippen molar-refractivity contribution in [2.45, 2.75) is 73.3 Å². The summed E-state index contributed by atoms with van der Waals surface area (Å²) in [6, 6.07) is 11.2. The van der Waals surface area contributed by atoms with Gasteiger partial charge in [-0.25, -0.2) is 13.1 Å². The predicted molar refractivity (Wildman–Crippen MR) is 166 cm³/mol. The van der Waals surface area contributed by atoms with Crippen LogP contribution in [0.25, 0.3) is 0 Å². The number of anilines is 1. The molecule has 2 fully saturated rings. The Balaban J connectivity index is 1.31. The van der Waals surface area contributed by atoms with Crippen molar-refractivity contribution in [2.75, 3.05) is 38.3 Å². The molecule has 2 heterocycles. The number of amides is 1. The Bertz CT molecular complexity index is 1560. The lowest BCUT2D eigenvalue weighted by Gasteiger charge is -2.46. The minimum absolute atomic E-state index is 0.0273. The van der Waals surface area contributed by atoms with Gasteiger partial charge in [0.05, 0.1) is 28.8 Å². The van der Waals surface area contributed by atoms with Crippen LogP contribution in [-0.2, 0) is 31.4 Å². The minimum atomic E-state index is -4.10. The molecule has 7 rings (SSSR count). The third-order valence-electron chi connectivity index (χ3n) is 10.7. The van der Waals surface area contributed by atoms with Gasteiger partial charge in [0, 0.05) is 37.2 Å².